The van der Waals surface area contributed by atoms with Crippen LogP contribution in [0.1, 0.15) is 266 Å². The number of rotatable bonds is 43. The Morgan fingerprint density at radius 2 is 0.548 bits per heavy atom. The zero-order valence-electron chi connectivity index (χ0n) is 40.2. The highest BCUT2D eigenvalue weighted by Crippen LogP contribution is 2.16. The molecule has 0 aliphatic carbocycles. The fourth-order valence-electron chi connectivity index (χ4n) is 8.22. The number of hydrogen-bond donors (Lipinski definition) is 0. The Bertz CT molecular complexity index is 1160. The summed E-state index contributed by atoms with van der Waals surface area (Å²) in [5, 5.41) is 0. The maximum absolute atomic E-state index is 12.5. The van der Waals surface area contributed by atoms with Crippen molar-refractivity contribution in [2.75, 3.05) is 13.2 Å². The van der Waals surface area contributed by atoms with E-state index in [-0.39, 0.29) is 59.9 Å². The molecule has 2 aromatic rings. The molecule has 8 heteroatoms. The Morgan fingerprint density at radius 1 is 0.339 bits per heavy atom. The topological polar surface area (TPSA) is 60.4 Å². The third kappa shape index (κ3) is 36.0. The monoisotopic (exact) mass is 1090 g/mol. The summed E-state index contributed by atoms with van der Waals surface area (Å²) in [7, 11) is 0. The van der Waals surface area contributed by atoms with Gasteiger partial charge in [0, 0.05) is 37.1 Å². The number of esters is 2. The van der Waals surface area contributed by atoms with Crippen molar-refractivity contribution in [2.24, 2.45) is 0 Å². The molecule has 2 aromatic heterocycles. The lowest BCUT2D eigenvalue weighted by Gasteiger charge is -2.06. The summed E-state index contributed by atoms with van der Waals surface area (Å²) in [6.07, 6.45) is 55.7. The van der Waals surface area contributed by atoms with Crippen LogP contribution in [0.2, 0.25) is 0 Å². The molecule has 0 atom stereocenters. The lowest BCUT2D eigenvalue weighted by molar-refractivity contribution is -0.697. The molecule has 0 fully saturated rings. The predicted octanol–water partition coefficient (Wildman–Crippen LogP) is 9.37. The average Bonchev–Trinajstić information content (AvgIpc) is 3.27. The van der Waals surface area contributed by atoms with Crippen molar-refractivity contribution in [3.05, 3.63) is 60.2 Å². The van der Waals surface area contributed by atoms with Crippen molar-refractivity contribution >= 4 is 11.9 Å². The van der Waals surface area contributed by atoms with Crippen LogP contribution in [-0.2, 0) is 22.6 Å². The van der Waals surface area contributed by atoms with Gasteiger partial charge in [-0.15, -0.1) is 0 Å². The molecule has 6 nitrogen and oxygen atoms in total. The van der Waals surface area contributed by atoms with Crippen molar-refractivity contribution in [3.63, 3.8) is 0 Å². The predicted molar refractivity (Wildman–Crippen MR) is 251 cm³/mol. The van der Waals surface area contributed by atoms with E-state index in [2.05, 4.69) is 23.0 Å². The highest BCUT2D eigenvalue weighted by Gasteiger charge is 2.11. The van der Waals surface area contributed by atoms with Crippen molar-refractivity contribution < 1.29 is 76.2 Å². The summed E-state index contributed by atoms with van der Waals surface area (Å²) in [5.41, 5.74) is 1.22. The normalized spacial score (nSPS) is 10.9. The maximum Gasteiger partial charge on any atom is 0.338 e. The molecule has 0 amide bonds. The number of ether oxygens (including phenoxy) is 2. The van der Waals surface area contributed by atoms with Gasteiger partial charge in [0.15, 0.2) is 24.8 Å². The Labute approximate surface area is 416 Å². The van der Waals surface area contributed by atoms with E-state index in [1.165, 1.54) is 205 Å². The number of carbonyl (C=O) groups is 2. The van der Waals surface area contributed by atoms with E-state index in [4.69, 9.17) is 9.47 Å². The second-order valence-corrected chi connectivity index (χ2v) is 17.9. The number of aryl methyl sites for hydroxylation is 2. The molecule has 0 aliphatic rings. The number of aromatic nitrogens is 2. The van der Waals surface area contributed by atoms with Gasteiger partial charge in [-0.25, -0.2) is 18.7 Å². The van der Waals surface area contributed by atoms with Crippen LogP contribution >= 0.6 is 0 Å². The molecule has 0 saturated heterocycles. The van der Waals surface area contributed by atoms with Gasteiger partial charge in [-0.2, -0.15) is 0 Å². The quantitative estimate of drug-likeness (QED) is 0.0288. The number of halogens is 2. The maximum atomic E-state index is 12.5. The van der Waals surface area contributed by atoms with Gasteiger partial charge in [-0.3, -0.25) is 0 Å². The number of hydrogen-bond acceptors (Lipinski definition) is 4. The van der Waals surface area contributed by atoms with E-state index in [0.717, 1.165) is 38.8 Å². The van der Waals surface area contributed by atoms with E-state index >= 15 is 0 Å². The summed E-state index contributed by atoms with van der Waals surface area (Å²) in [4.78, 5) is 25.0. The Balaban J connectivity index is 0.0000186. The van der Waals surface area contributed by atoms with Gasteiger partial charge in [0.25, 0.3) is 0 Å². The van der Waals surface area contributed by atoms with Crippen LogP contribution in [0.15, 0.2) is 49.1 Å². The van der Waals surface area contributed by atoms with Gasteiger partial charge in [0.1, 0.15) is 13.1 Å². The fraction of sp³-hybridized carbons (Fsp3) is 0.778. The summed E-state index contributed by atoms with van der Waals surface area (Å²) in [6, 6.07) is 7.49. The van der Waals surface area contributed by atoms with E-state index < -0.39 is 0 Å². The molecular formula is C54H94I2N2O4. The molecule has 0 radical (unpaired) electrons. The summed E-state index contributed by atoms with van der Waals surface area (Å²) >= 11 is 0. The van der Waals surface area contributed by atoms with Crippen molar-refractivity contribution in [2.45, 2.75) is 258 Å². The first-order chi connectivity index (χ1) is 29.6. The SMILES string of the molecule is CCCCCCCCCCCCCCCCCC[n+]1ccc(C(=O)OCCCCCCOC(=O)c2cc[n+](CCCCCCCCCCCCCCCCCC)cc2)cc1.[I-].[I-]. The van der Waals surface area contributed by atoms with E-state index in [1.807, 2.05) is 49.1 Å². The molecule has 0 unspecified atom stereocenters. The van der Waals surface area contributed by atoms with Crippen LogP contribution in [0, 0.1) is 0 Å². The zero-order chi connectivity index (χ0) is 42.8. The average molecular weight is 1090 g/mol. The van der Waals surface area contributed by atoms with Crippen LogP contribution in [0.3, 0.4) is 0 Å². The fourth-order valence-corrected chi connectivity index (χ4v) is 8.22. The molecular weight excluding hydrogens is 994 g/mol. The molecule has 2 rings (SSSR count). The third-order valence-corrected chi connectivity index (χ3v) is 12.3. The molecule has 0 N–H and O–H groups in total. The molecule has 0 bridgehead atoms. The lowest BCUT2D eigenvalue weighted by Crippen LogP contribution is -3.00. The van der Waals surface area contributed by atoms with Gasteiger partial charge in [0.05, 0.1) is 24.3 Å². The smallest absolute Gasteiger partial charge is 0.338 e. The number of carbonyl (C=O) groups excluding carboxylic acids is 2. The van der Waals surface area contributed by atoms with Crippen LogP contribution < -0.4 is 57.1 Å². The van der Waals surface area contributed by atoms with Gasteiger partial charge >= 0.3 is 11.9 Å². The highest BCUT2D eigenvalue weighted by atomic mass is 127. The Hall–Kier alpha value is -1.30. The molecule has 0 spiro atoms. The Kier molecular flexibility index (Phi) is 45.3. The van der Waals surface area contributed by atoms with Crippen LogP contribution in [0.25, 0.3) is 0 Å². The number of pyridine rings is 2. The Morgan fingerprint density at radius 3 is 0.790 bits per heavy atom. The molecule has 0 aromatic carbocycles. The summed E-state index contributed by atoms with van der Waals surface area (Å²) < 4.78 is 15.4. The van der Waals surface area contributed by atoms with Gasteiger partial charge < -0.3 is 57.4 Å². The lowest BCUT2D eigenvalue weighted by atomic mass is 10.0. The van der Waals surface area contributed by atoms with Crippen molar-refractivity contribution in [3.8, 4) is 0 Å². The first kappa shape index (κ1) is 60.7. The number of unbranched alkanes of at least 4 members (excludes halogenated alkanes) is 33. The second-order valence-electron chi connectivity index (χ2n) is 17.9. The minimum atomic E-state index is -0.257. The first-order valence-electron chi connectivity index (χ1n) is 26.0. The molecule has 358 valence electrons. The van der Waals surface area contributed by atoms with E-state index in [0.29, 0.717) is 24.3 Å². The molecule has 0 aliphatic heterocycles. The standard InChI is InChI=1S/C54H94N2O4.2HI/c1-3-5-7-9-11-13-15-17-19-21-23-25-27-29-31-35-43-55-45-39-51(40-46-55)53(57)59-49-37-33-34-38-50-60-54(58)52-41-47-56(48-42-52)44-36-32-30-28-26-24-22-20-18-16-14-12-10-8-6-4-2;;/h39-42,45-48H,3-38,43-44,49-50H2,1-2H3;2*1H/q+2;;/p-2. The van der Waals surface area contributed by atoms with E-state index in [9.17, 15) is 9.59 Å². The van der Waals surface area contributed by atoms with Crippen LogP contribution in [0.4, 0.5) is 0 Å². The van der Waals surface area contributed by atoms with Crippen molar-refractivity contribution in [1.29, 1.82) is 0 Å². The number of nitrogens with zero attached hydrogens (tertiary/aromatic N) is 2. The van der Waals surface area contributed by atoms with Crippen LogP contribution in [-0.4, -0.2) is 25.2 Å². The molecule has 62 heavy (non-hydrogen) atoms. The van der Waals surface area contributed by atoms with E-state index in [1.54, 1.807) is 0 Å². The van der Waals surface area contributed by atoms with Crippen LogP contribution in [0.5, 0.6) is 0 Å². The first-order valence-corrected chi connectivity index (χ1v) is 26.0. The van der Waals surface area contributed by atoms with Crippen molar-refractivity contribution in [1.82, 2.24) is 0 Å². The summed E-state index contributed by atoms with van der Waals surface area (Å²) in [5.74, 6) is -0.514. The van der Waals surface area contributed by atoms with Gasteiger partial charge in [-0.05, 0) is 38.5 Å². The minimum absolute atomic E-state index is 0. The molecule has 2 heterocycles. The molecule has 0 saturated carbocycles. The third-order valence-electron chi connectivity index (χ3n) is 12.3. The minimum Gasteiger partial charge on any atom is -1.00 e. The highest BCUT2D eigenvalue weighted by molar-refractivity contribution is 5.89. The van der Waals surface area contributed by atoms with Gasteiger partial charge in [0.2, 0.25) is 0 Å². The zero-order valence-corrected chi connectivity index (χ0v) is 44.5. The summed E-state index contributed by atoms with van der Waals surface area (Å²) in [6.45, 7) is 7.39. The van der Waals surface area contributed by atoms with Gasteiger partial charge in [-0.1, -0.05) is 194 Å². The largest absolute Gasteiger partial charge is 1.00 e. The second kappa shape index (κ2) is 46.2.